The van der Waals surface area contributed by atoms with Crippen molar-refractivity contribution >= 4 is 18.3 Å². The molecular weight excluding hydrogens is 514 g/mol. The van der Waals surface area contributed by atoms with Gasteiger partial charge in [0.2, 0.25) is 5.91 Å². The number of rotatable bonds is 18. The molecule has 0 aliphatic carbocycles. The number of carbonyl (C=O) groups is 3. The normalized spacial score (nSPS) is 29.8. The Balaban J connectivity index is 1.86. The Morgan fingerprint density at radius 1 is 1.25 bits per heavy atom. The molecule has 9 nitrogen and oxygen atoms in total. The fourth-order valence-electron chi connectivity index (χ4n) is 6.08. The average Bonchev–Trinajstić information content (AvgIpc) is 3.57. The van der Waals surface area contributed by atoms with E-state index in [0.29, 0.717) is 30.6 Å². The van der Waals surface area contributed by atoms with Crippen LogP contribution in [-0.2, 0) is 33.3 Å². The number of carbonyl (C=O) groups excluding carboxylic acids is 2. The van der Waals surface area contributed by atoms with Gasteiger partial charge in [0.25, 0.3) is 6.47 Å². The van der Waals surface area contributed by atoms with Crippen LogP contribution in [0.1, 0.15) is 86.5 Å². The van der Waals surface area contributed by atoms with Gasteiger partial charge in [-0.3, -0.25) is 9.59 Å². The van der Waals surface area contributed by atoms with Crippen molar-refractivity contribution in [1.82, 2.24) is 5.32 Å². The van der Waals surface area contributed by atoms with Crippen LogP contribution in [0.15, 0.2) is 23.8 Å². The second kappa shape index (κ2) is 16.3. The summed E-state index contributed by atoms with van der Waals surface area (Å²) in [7, 11) is 1.77. The quantitative estimate of drug-likeness (QED) is 0.105. The van der Waals surface area contributed by atoms with E-state index >= 15 is 0 Å². The summed E-state index contributed by atoms with van der Waals surface area (Å²) in [6, 6.07) is -1.02. The Hall–Kier alpha value is -2.23. The number of ether oxygens (including phenoxy) is 4. The summed E-state index contributed by atoms with van der Waals surface area (Å²) in [4.78, 5) is 34.4. The number of epoxide rings is 1. The second-order valence-electron chi connectivity index (χ2n) is 11.9. The molecule has 2 saturated heterocycles. The molecule has 9 atom stereocenters. The minimum atomic E-state index is -1.11. The van der Waals surface area contributed by atoms with Crippen molar-refractivity contribution in [3.63, 3.8) is 0 Å². The maximum atomic E-state index is 12.6. The summed E-state index contributed by atoms with van der Waals surface area (Å²) in [5.74, 6) is -0.433. The molecule has 1 amide bonds. The van der Waals surface area contributed by atoms with Crippen LogP contribution in [0, 0.1) is 17.8 Å². The van der Waals surface area contributed by atoms with Crippen LogP contribution in [0.4, 0.5) is 0 Å². The summed E-state index contributed by atoms with van der Waals surface area (Å²) in [5, 5.41) is 12.0. The van der Waals surface area contributed by atoms with E-state index in [4.69, 9.17) is 14.2 Å². The van der Waals surface area contributed by atoms with Gasteiger partial charge in [-0.25, -0.2) is 4.79 Å². The van der Waals surface area contributed by atoms with Gasteiger partial charge in [-0.05, 0) is 69.8 Å². The van der Waals surface area contributed by atoms with Crippen molar-refractivity contribution in [2.75, 3.05) is 13.7 Å². The molecule has 2 heterocycles. The van der Waals surface area contributed by atoms with Gasteiger partial charge in [0.15, 0.2) is 0 Å². The fourth-order valence-corrected chi connectivity index (χ4v) is 6.08. The molecule has 0 unspecified atom stereocenters. The van der Waals surface area contributed by atoms with Crippen LogP contribution in [0.3, 0.4) is 0 Å². The maximum Gasteiger partial charge on any atom is 0.326 e. The predicted molar refractivity (Wildman–Crippen MR) is 153 cm³/mol. The lowest BCUT2D eigenvalue weighted by Gasteiger charge is -2.35. The number of amides is 1. The van der Waals surface area contributed by atoms with Crippen molar-refractivity contribution in [3.8, 4) is 0 Å². The number of methoxy groups -OCH3 is 1. The standard InChI is InChI=1S/C31H51NO8/c1-8-26(37-7)23(5)29-31(6,40-29)18-20(2)11-9-12-21(3)28-22(4)14-15-24(39-28)17-27(34)32-25(30(35)36)13-10-16-38-19-33/h9,11-12,19-20,22-26,28-29H,8,10,13-18H2,1-7H3,(H,32,34)(H,35,36)/b11-9+,21-12+/t20-,22+,23-,24-,25+,26+,28-,29-,31-/m1/s1. The van der Waals surface area contributed by atoms with Gasteiger partial charge >= 0.3 is 5.97 Å². The SMILES string of the molecule is CC[C@H](OC)[C@@H](C)[C@H]1O[C@]1(C)C[C@H](C)/C=C/C=C(\C)[C@H]1O[C@@H](CC(=O)N[C@@H](CCCOC=O)C(=O)O)CC[C@@H]1C. The average molecular weight is 566 g/mol. The lowest BCUT2D eigenvalue weighted by Crippen LogP contribution is -2.43. The first-order valence-corrected chi connectivity index (χ1v) is 14.7. The van der Waals surface area contributed by atoms with E-state index < -0.39 is 12.0 Å². The molecule has 2 N–H and O–H groups in total. The molecule has 0 aromatic carbocycles. The fraction of sp³-hybridized carbons (Fsp3) is 0.774. The third-order valence-electron chi connectivity index (χ3n) is 8.35. The van der Waals surface area contributed by atoms with Crippen molar-refractivity contribution < 1.29 is 38.4 Å². The number of carboxylic acids is 1. The Morgan fingerprint density at radius 2 is 1.98 bits per heavy atom. The number of allylic oxidation sites excluding steroid dienone is 3. The van der Waals surface area contributed by atoms with Gasteiger partial charge in [-0.2, -0.15) is 0 Å². The highest BCUT2D eigenvalue weighted by Crippen LogP contribution is 2.47. The van der Waals surface area contributed by atoms with Crippen molar-refractivity contribution in [3.05, 3.63) is 23.8 Å². The van der Waals surface area contributed by atoms with Crippen LogP contribution in [0.2, 0.25) is 0 Å². The Morgan fingerprint density at radius 3 is 2.60 bits per heavy atom. The number of carboxylic acid groups (broad SMARTS) is 1. The lowest BCUT2D eigenvalue weighted by atomic mass is 9.86. The number of aliphatic carboxylic acids is 1. The molecule has 2 rings (SSSR count). The highest BCUT2D eigenvalue weighted by molar-refractivity contribution is 5.83. The van der Waals surface area contributed by atoms with E-state index in [9.17, 15) is 19.5 Å². The van der Waals surface area contributed by atoms with E-state index in [1.165, 1.54) is 0 Å². The molecule has 0 spiro atoms. The monoisotopic (exact) mass is 565 g/mol. The van der Waals surface area contributed by atoms with Crippen LogP contribution >= 0.6 is 0 Å². The van der Waals surface area contributed by atoms with Gasteiger partial charge < -0.3 is 29.4 Å². The molecule has 2 fully saturated rings. The van der Waals surface area contributed by atoms with E-state index in [2.05, 4.69) is 69.8 Å². The molecule has 0 aromatic heterocycles. The number of hydrogen-bond acceptors (Lipinski definition) is 7. The smallest absolute Gasteiger partial charge is 0.326 e. The van der Waals surface area contributed by atoms with Crippen molar-refractivity contribution in [2.24, 2.45) is 17.8 Å². The van der Waals surface area contributed by atoms with Crippen molar-refractivity contribution in [1.29, 1.82) is 0 Å². The van der Waals surface area contributed by atoms with E-state index in [1.54, 1.807) is 7.11 Å². The van der Waals surface area contributed by atoms with Crippen LogP contribution in [0.25, 0.3) is 0 Å². The highest BCUT2D eigenvalue weighted by atomic mass is 16.6. The van der Waals surface area contributed by atoms with Gasteiger partial charge in [0, 0.05) is 13.0 Å². The third-order valence-corrected chi connectivity index (χ3v) is 8.35. The molecule has 40 heavy (non-hydrogen) atoms. The van der Waals surface area contributed by atoms with E-state index in [1.807, 2.05) is 0 Å². The topological polar surface area (TPSA) is 124 Å². The van der Waals surface area contributed by atoms with E-state index in [-0.39, 0.29) is 55.4 Å². The zero-order chi connectivity index (χ0) is 29.9. The highest BCUT2D eigenvalue weighted by Gasteiger charge is 2.56. The number of nitrogens with one attached hydrogen (secondary N) is 1. The van der Waals surface area contributed by atoms with Gasteiger partial charge in [-0.1, -0.05) is 45.9 Å². The lowest BCUT2D eigenvalue weighted by molar-refractivity contribution is -0.143. The van der Waals surface area contributed by atoms with Crippen LogP contribution in [0.5, 0.6) is 0 Å². The first-order valence-electron chi connectivity index (χ1n) is 14.7. The molecule has 0 aromatic rings. The molecule has 0 saturated carbocycles. The molecular formula is C31H51NO8. The minimum Gasteiger partial charge on any atom is -0.480 e. The third kappa shape index (κ3) is 10.3. The molecule has 0 radical (unpaired) electrons. The molecule has 2 aliphatic heterocycles. The largest absolute Gasteiger partial charge is 0.480 e. The summed E-state index contributed by atoms with van der Waals surface area (Å²) in [5.41, 5.74) is 0.983. The van der Waals surface area contributed by atoms with Crippen LogP contribution in [-0.4, -0.2) is 73.2 Å². The minimum absolute atomic E-state index is 0.100. The molecule has 0 bridgehead atoms. The summed E-state index contributed by atoms with van der Waals surface area (Å²) in [6.45, 7) is 13.4. The maximum absolute atomic E-state index is 12.6. The zero-order valence-corrected chi connectivity index (χ0v) is 25.4. The van der Waals surface area contributed by atoms with Crippen molar-refractivity contribution in [2.45, 2.75) is 123 Å². The Bertz CT molecular complexity index is 885. The molecule has 9 heteroatoms. The van der Waals surface area contributed by atoms with Crippen LogP contribution < -0.4 is 5.32 Å². The molecule has 228 valence electrons. The first-order chi connectivity index (χ1) is 18.9. The Labute approximate surface area is 240 Å². The predicted octanol–water partition coefficient (Wildman–Crippen LogP) is 4.83. The van der Waals surface area contributed by atoms with E-state index in [0.717, 1.165) is 31.3 Å². The second-order valence-corrected chi connectivity index (χ2v) is 11.9. The first kappa shape index (κ1) is 34.0. The molecule has 2 aliphatic rings. The van der Waals surface area contributed by atoms with Gasteiger partial charge in [0.05, 0.1) is 43.0 Å². The summed E-state index contributed by atoms with van der Waals surface area (Å²) in [6.07, 6.45) is 10.7. The summed E-state index contributed by atoms with van der Waals surface area (Å²) >= 11 is 0. The zero-order valence-electron chi connectivity index (χ0n) is 25.4. The Kier molecular flexibility index (Phi) is 13.8. The summed E-state index contributed by atoms with van der Waals surface area (Å²) < 4.78 is 22.7. The van der Waals surface area contributed by atoms with Gasteiger partial charge in [-0.15, -0.1) is 0 Å². The number of hydrogen-bond donors (Lipinski definition) is 2. The van der Waals surface area contributed by atoms with Gasteiger partial charge in [0.1, 0.15) is 6.04 Å².